The second-order valence-electron chi connectivity index (χ2n) is 10.6. The summed E-state index contributed by atoms with van der Waals surface area (Å²) in [5.41, 5.74) is 1.48. The molecular weight excluding hydrogens is 550 g/mol. The maximum absolute atomic E-state index is 13.6. The number of amides is 3. The van der Waals surface area contributed by atoms with Crippen LogP contribution in [0.3, 0.4) is 0 Å². The van der Waals surface area contributed by atoms with Crippen LogP contribution in [0, 0.1) is 5.92 Å². The largest absolute Gasteiger partial charge is 0.496 e. The van der Waals surface area contributed by atoms with Gasteiger partial charge in [0.25, 0.3) is 17.4 Å². The van der Waals surface area contributed by atoms with E-state index < -0.39 is 41.1 Å². The first kappa shape index (κ1) is 30.8. The van der Waals surface area contributed by atoms with E-state index in [0.29, 0.717) is 16.7 Å². The SMILES string of the molecule is COc1cccc2[nH]c(C(=O)NC(CC(C)C)C(=O)NC(Cc3ccc[nH]c3=O)C(=O)C(=O)NCc3ccccc3)cc12. The highest BCUT2D eigenvalue weighted by Gasteiger charge is 2.31. The Labute approximate surface area is 248 Å². The first-order chi connectivity index (χ1) is 20.7. The Morgan fingerprint density at radius 1 is 0.907 bits per heavy atom. The summed E-state index contributed by atoms with van der Waals surface area (Å²) < 4.78 is 5.37. The molecule has 2 atom stereocenters. The average molecular weight is 586 g/mol. The van der Waals surface area contributed by atoms with E-state index >= 15 is 0 Å². The molecule has 2 unspecified atom stereocenters. The number of aromatic nitrogens is 2. The number of nitrogens with one attached hydrogen (secondary N) is 5. The Bertz CT molecular complexity index is 1660. The monoisotopic (exact) mass is 585 g/mol. The number of hydrogen-bond donors (Lipinski definition) is 5. The zero-order valence-electron chi connectivity index (χ0n) is 24.2. The fourth-order valence-electron chi connectivity index (χ4n) is 4.71. The molecule has 0 spiro atoms. The molecule has 0 fully saturated rings. The van der Waals surface area contributed by atoms with Crippen molar-refractivity contribution in [2.45, 2.75) is 45.3 Å². The van der Waals surface area contributed by atoms with Crippen LogP contribution in [0.25, 0.3) is 10.9 Å². The van der Waals surface area contributed by atoms with E-state index in [-0.39, 0.29) is 36.6 Å². The van der Waals surface area contributed by atoms with Crippen molar-refractivity contribution in [3.05, 3.63) is 100 Å². The highest BCUT2D eigenvalue weighted by molar-refractivity contribution is 6.38. The summed E-state index contributed by atoms with van der Waals surface area (Å²) in [6.07, 6.45) is 1.49. The molecule has 2 heterocycles. The summed E-state index contributed by atoms with van der Waals surface area (Å²) in [5, 5.41) is 8.68. The minimum absolute atomic E-state index is 0.000788. The second-order valence-corrected chi connectivity index (χ2v) is 10.6. The van der Waals surface area contributed by atoms with Crippen molar-refractivity contribution >= 4 is 34.4 Å². The standard InChI is InChI=1S/C32H35N5O6/c1-19(2)15-25(37-31(41)26-17-22-23(35-26)12-7-13-27(22)43-3)30(40)36-24(16-21-11-8-14-33-29(21)39)28(38)32(42)34-18-20-9-5-4-6-10-20/h4-14,17,19,24-25,35H,15-16,18H2,1-3H3,(H,33,39)(H,34,42)(H,36,40)(H,37,41). The third-order valence-electron chi connectivity index (χ3n) is 6.89. The van der Waals surface area contributed by atoms with Crippen molar-refractivity contribution in [3.8, 4) is 5.75 Å². The van der Waals surface area contributed by atoms with Crippen LogP contribution in [0.2, 0.25) is 0 Å². The van der Waals surface area contributed by atoms with E-state index in [1.165, 1.54) is 19.4 Å². The van der Waals surface area contributed by atoms with Gasteiger partial charge in [-0.3, -0.25) is 24.0 Å². The number of Topliss-reactive ketones (excluding diaryl/α,β-unsaturated/α-hetero) is 1. The van der Waals surface area contributed by atoms with E-state index in [0.717, 1.165) is 5.56 Å². The van der Waals surface area contributed by atoms with Crippen LogP contribution in [0.5, 0.6) is 5.75 Å². The molecule has 2 aromatic carbocycles. The lowest BCUT2D eigenvalue weighted by Crippen LogP contribution is -2.55. The lowest BCUT2D eigenvalue weighted by Gasteiger charge is -2.23. The van der Waals surface area contributed by atoms with Gasteiger partial charge >= 0.3 is 0 Å². The molecule has 4 aromatic rings. The van der Waals surface area contributed by atoms with Gasteiger partial charge in [0.15, 0.2) is 0 Å². The molecule has 3 amide bonds. The van der Waals surface area contributed by atoms with Gasteiger partial charge in [-0.15, -0.1) is 0 Å². The number of methoxy groups -OCH3 is 1. The van der Waals surface area contributed by atoms with Gasteiger partial charge in [0.2, 0.25) is 11.7 Å². The first-order valence-corrected chi connectivity index (χ1v) is 14.0. The zero-order chi connectivity index (χ0) is 30.9. The zero-order valence-corrected chi connectivity index (χ0v) is 24.2. The molecular formula is C32H35N5O6. The minimum atomic E-state index is -1.35. The predicted octanol–water partition coefficient (Wildman–Crippen LogP) is 2.62. The predicted molar refractivity (Wildman–Crippen MR) is 162 cm³/mol. The molecule has 43 heavy (non-hydrogen) atoms. The fourth-order valence-corrected chi connectivity index (χ4v) is 4.71. The van der Waals surface area contributed by atoms with E-state index in [1.54, 1.807) is 42.5 Å². The number of ketones is 1. The van der Waals surface area contributed by atoms with Crippen LogP contribution in [0.1, 0.15) is 41.9 Å². The number of benzene rings is 2. The van der Waals surface area contributed by atoms with E-state index in [9.17, 15) is 24.0 Å². The van der Waals surface area contributed by atoms with Gasteiger partial charge in [-0.05, 0) is 42.2 Å². The molecule has 0 bridgehead atoms. The smallest absolute Gasteiger partial charge is 0.289 e. The number of pyridine rings is 1. The van der Waals surface area contributed by atoms with Gasteiger partial charge < -0.3 is 30.7 Å². The molecule has 4 rings (SSSR count). The van der Waals surface area contributed by atoms with Crippen LogP contribution in [0.15, 0.2) is 77.7 Å². The fraction of sp³-hybridized carbons (Fsp3) is 0.281. The van der Waals surface area contributed by atoms with Crippen LogP contribution in [-0.4, -0.2) is 52.7 Å². The molecule has 11 nitrogen and oxygen atoms in total. The lowest BCUT2D eigenvalue weighted by molar-refractivity contribution is -0.140. The van der Waals surface area contributed by atoms with Gasteiger partial charge in [-0.1, -0.05) is 56.3 Å². The lowest BCUT2D eigenvalue weighted by atomic mass is 9.99. The first-order valence-electron chi connectivity index (χ1n) is 14.0. The van der Waals surface area contributed by atoms with Crippen LogP contribution in [-0.2, 0) is 27.3 Å². The topological polar surface area (TPSA) is 162 Å². The van der Waals surface area contributed by atoms with Crippen molar-refractivity contribution in [1.82, 2.24) is 25.9 Å². The number of fused-ring (bicyclic) bond motifs is 1. The third kappa shape index (κ3) is 7.97. The summed E-state index contributed by atoms with van der Waals surface area (Å²) in [6, 6.07) is 16.8. The normalized spacial score (nSPS) is 12.4. The minimum Gasteiger partial charge on any atom is -0.496 e. The van der Waals surface area contributed by atoms with Gasteiger partial charge in [-0.2, -0.15) is 0 Å². The summed E-state index contributed by atoms with van der Waals surface area (Å²) in [5.74, 6) is -2.41. The summed E-state index contributed by atoms with van der Waals surface area (Å²) in [6.45, 7) is 3.89. The molecule has 0 aliphatic carbocycles. The van der Waals surface area contributed by atoms with Crippen molar-refractivity contribution in [2.75, 3.05) is 7.11 Å². The quantitative estimate of drug-likeness (QED) is 0.152. The third-order valence-corrected chi connectivity index (χ3v) is 6.89. The van der Waals surface area contributed by atoms with Crippen molar-refractivity contribution in [1.29, 1.82) is 0 Å². The van der Waals surface area contributed by atoms with E-state index in [1.807, 2.05) is 32.0 Å². The summed E-state index contributed by atoms with van der Waals surface area (Å²) in [7, 11) is 1.54. The molecule has 0 radical (unpaired) electrons. The van der Waals surface area contributed by atoms with Gasteiger partial charge in [0.05, 0.1) is 7.11 Å². The Kier molecular flexibility index (Phi) is 10.1. The molecule has 0 aliphatic rings. The Morgan fingerprint density at radius 2 is 1.67 bits per heavy atom. The van der Waals surface area contributed by atoms with Crippen molar-refractivity contribution in [2.24, 2.45) is 5.92 Å². The van der Waals surface area contributed by atoms with Crippen LogP contribution in [0.4, 0.5) is 0 Å². The summed E-state index contributed by atoms with van der Waals surface area (Å²) >= 11 is 0. The molecule has 0 saturated heterocycles. The Balaban J connectivity index is 1.54. The van der Waals surface area contributed by atoms with Crippen LogP contribution < -0.4 is 26.2 Å². The molecule has 0 saturated carbocycles. The molecule has 224 valence electrons. The average Bonchev–Trinajstić information content (AvgIpc) is 3.45. The van der Waals surface area contributed by atoms with E-state index in [2.05, 4.69) is 25.9 Å². The molecule has 11 heteroatoms. The molecule has 0 aliphatic heterocycles. The van der Waals surface area contributed by atoms with Crippen LogP contribution >= 0.6 is 0 Å². The number of H-pyrrole nitrogens is 2. The highest BCUT2D eigenvalue weighted by atomic mass is 16.5. The van der Waals surface area contributed by atoms with Crippen molar-refractivity contribution < 1.29 is 23.9 Å². The number of carbonyl (C=O) groups is 4. The van der Waals surface area contributed by atoms with Gasteiger partial charge in [0.1, 0.15) is 23.5 Å². The maximum Gasteiger partial charge on any atom is 0.289 e. The second kappa shape index (κ2) is 14.1. The number of hydrogen-bond acceptors (Lipinski definition) is 6. The Morgan fingerprint density at radius 3 is 2.37 bits per heavy atom. The van der Waals surface area contributed by atoms with Gasteiger partial charge in [0, 0.05) is 35.6 Å². The molecule has 2 aromatic heterocycles. The number of carbonyl (C=O) groups excluding carboxylic acids is 4. The van der Waals surface area contributed by atoms with Gasteiger partial charge in [-0.25, -0.2) is 0 Å². The number of rotatable bonds is 13. The number of ether oxygens (including phenoxy) is 1. The number of aromatic amines is 2. The summed E-state index contributed by atoms with van der Waals surface area (Å²) in [4.78, 5) is 71.0. The molecule has 5 N–H and O–H groups in total. The van der Waals surface area contributed by atoms with Crippen molar-refractivity contribution in [3.63, 3.8) is 0 Å². The highest BCUT2D eigenvalue weighted by Crippen LogP contribution is 2.26. The van der Waals surface area contributed by atoms with E-state index in [4.69, 9.17) is 4.74 Å². The Hall–Kier alpha value is -5.19. The maximum atomic E-state index is 13.6.